The Morgan fingerprint density at radius 1 is 1.00 bits per heavy atom. The number of ether oxygens (including phenoxy) is 1. The van der Waals surface area contributed by atoms with Gasteiger partial charge in [0.25, 0.3) is 0 Å². The van der Waals surface area contributed by atoms with Crippen LogP contribution in [-0.2, 0) is 4.74 Å². The van der Waals surface area contributed by atoms with Crippen molar-refractivity contribution in [2.75, 3.05) is 31.2 Å². The Kier molecular flexibility index (Phi) is 3.34. The maximum atomic E-state index is 5.45. The van der Waals surface area contributed by atoms with Crippen LogP contribution in [0.25, 0.3) is 33.2 Å². The summed E-state index contributed by atoms with van der Waals surface area (Å²) in [6.07, 6.45) is 7.40. The second kappa shape index (κ2) is 5.82. The number of H-pyrrole nitrogens is 1. The minimum absolute atomic E-state index is 0.765. The Labute approximate surface area is 144 Å². The lowest BCUT2D eigenvalue weighted by molar-refractivity contribution is 0.122. The van der Waals surface area contributed by atoms with Gasteiger partial charge in [-0.1, -0.05) is 0 Å². The van der Waals surface area contributed by atoms with Crippen molar-refractivity contribution in [3.63, 3.8) is 0 Å². The number of rotatable bonds is 2. The number of hydrogen-bond donors (Lipinski definition) is 1. The third kappa shape index (κ3) is 2.51. The van der Waals surface area contributed by atoms with Crippen LogP contribution in [0, 0.1) is 0 Å². The van der Waals surface area contributed by atoms with E-state index in [-0.39, 0.29) is 0 Å². The van der Waals surface area contributed by atoms with E-state index in [4.69, 9.17) is 4.74 Å². The van der Waals surface area contributed by atoms with Crippen LogP contribution in [0.4, 0.5) is 5.69 Å². The number of aromatic amines is 1. The summed E-state index contributed by atoms with van der Waals surface area (Å²) in [5.74, 6) is 0. The molecule has 6 heteroatoms. The van der Waals surface area contributed by atoms with Gasteiger partial charge in [-0.2, -0.15) is 0 Å². The van der Waals surface area contributed by atoms with Crippen molar-refractivity contribution < 1.29 is 4.74 Å². The number of fused-ring (bicyclic) bond motifs is 3. The van der Waals surface area contributed by atoms with Crippen LogP contribution in [0.3, 0.4) is 0 Å². The molecular formula is C19H17N5O. The van der Waals surface area contributed by atoms with Gasteiger partial charge in [0.15, 0.2) is 0 Å². The Balaban J connectivity index is 1.65. The van der Waals surface area contributed by atoms with Crippen LogP contribution in [0.15, 0.2) is 49.1 Å². The van der Waals surface area contributed by atoms with Gasteiger partial charge in [-0.25, -0.2) is 4.98 Å². The molecule has 0 aliphatic carbocycles. The van der Waals surface area contributed by atoms with Crippen molar-refractivity contribution in [2.24, 2.45) is 0 Å². The van der Waals surface area contributed by atoms with E-state index in [0.29, 0.717) is 0 Å². The molecule has 4 aromatic heterocycles. The molecule has 0 unspecified atom stereocenters. The fourth-order valence-corrected chi connectivity index (χ4v) is 3.33. The first-order valence-electron chi connectivity index (χ1n) is 8.39. The van der Waals surface area contributed by atoms with Crippen molar-refractivity contribution in [1.82, 2.24) is 19.9 Å². The highest BCUT2D eigenvalue weighted by atomic mass is 16.5. The van der Waals surface area contributed by atoms with Crippen molar-refractivity contribution >= 4 is 27.6 Å². The highest BCUT2D eigenvalue weighted by Gasteiger charge is 2.14. The van der Waals surface area contributed by atoms with E-state index in [9.17, 15) is 0 Å². The summed E-state index contributed by atoms with van der Waals surface area (Å²) < 4.78 is 5.45. The molecule has 0 aromatic carbocycles. The van der Waals surface area contributed by atoms with Crippen molar-refractivity contribution in [1.29, 1.82) is 0 Å². The minimum atomic E-state index is 0.765. The van der Waals surface area contributed by atoms with E-state index in [1.807, 2.05) is 30.7 Å². The second-order valence-electron chi connectivity index (χ2n) is 6.17. The molecule has 0 saturated carbocycles. The van der Waals surface area contributed by atoms with Crippen LogP contribution < -0.4 is 4.90 Å². The fraction of sp³-hybridized carbons (Fsp3) is 0.211. The van der Waals surface area contributed by atoms with Crippen LogP contribution in [0.2, 0.25) is 0 Å². The maximum Gasteiger partial charge on any atom is 0.138 e. The number of nitrogens with zero attached hydrogens (tertiary/aromatic N) is 4. The molecule has 4 aromatic rings. The zero-order valence-corrected chi connectivity index (χ0v) is 13.6. The van der Waals surface area contributed by atoms with Crippen LogP contribution in [0.5, 0.6) is 0 Å². The first-order valence-corrected chi connectivity index (χ1v) is 8.39. The molecule has 1 saturated heterocycles. The zero-order chi connectivity index (χ0) is 16.6. The molecule has 5 rings (SSSR count). The van der Waals surface area contributed by atoms with Gasteiger partial charge in [-0.15, -0.1) is 0 Å². The third-order valence-electron chi connectivity index (χ3n) is 4.65. The van der Waals surface area contributed by atoms with Crippen molar-refractivity contribution in [3.8, 4) is 11.3 Å². The summed E-state index contributed by atoms with van der Waals surface area (Å²) in [5.41, 5.74) is 4.94. The van der Waals surface area contributed by atoms with Crippen LogP contribution in [-0.4, -0.2) is 46.2 Å². The molecule has 5 heterocycles. The standard InChI is InChI=1S/C19H17N5O/c1-2-13(10-20-3-1)17-9-15-16-8-14(24-4-6-25-7-5-24)11-22-19(16)23-18(15)12-21-17/h1-3,8-12H,4-7H2,(H,22,23). The molecule has 124 valence electrons. The fourth-order valence-electron chi connectivity index (χ4n) is 3.33. The van der Waals surface area contributed by atoms with Gasteiger partial charge >= 0.3 is 0 Å². The van der Waals surface area contributed by atoms with E-state index in [2.05, 4.69) is 37.0 Å². The molecule has 1 aliphatic heterocycles. The van der Waals surface area contributed by atoms with Gasteiger partial charge in [-0.05, 0) is 24.3 Å². The van der Waals surface area contributed by atoms with E-state index in [1.54, 1.807) is 6.20 Å². The molecule has 1 N–H and O–H groups in total. The third-order valence-corrected chi connectivity index (χ3v) is 4.65. The lowest BCUT2D eigenvalue weighted by atomic mass is 10.1. The molecule has 0 bridgehead atoms. The number of pyridine rings is 3. The largest absolute Gasteiger partial charge is 0.378 e. The van der Waals surface area contributed by atoms with Crippen molar-refractivity contribution in [2.45, 2.75) is 0 Å². The number of hydrogen-bond acceptors (Lipinski definition) is 5. The Bertz CT molecular complexity index is 1040. The molecule has 1 aliphatic rings. The smallest absolute Gasteiger partial charge is 0.138 e. The normalized spacial score (nSPS) is 15.1. The van der Waals surface area contributed by atoms with Crippen LogP contribution in [0.1, 0.15) is 0 Å². The molecule has 25 heavy (non-hydrogen) atoms. The molecule has 0 atom stereocenters. The number of anilines is 1. The Morgan fingerprint density at radius 3 is 2.76 bits per heavy atom. The molecule has 1 fully saturated rings. The highest BCUT2D eigenvalue weighted by molar-refractivity contribution is 6.07. The Hall–Kier alpha value is -2.99. The predicted molar refractivity (Wildman–Crippen MR) is 97.7 cm³/mol. The first-order chi connectivity index (χ1) is 12.4. The monoisotopic (exact) mass is 331 g/mol. The van der Waals surface area contributed by atoms with E-state index in [0.717, 1.165) is 65.2 Å². The molecular weight excluding hydrogens is 314 g/mol. The van der Waals surface area contributed by atoms with E-state index in [1.165, 1.54) is 0 Å². The minimum Gasteiger partial charge on any atom is -0.378 e. The van der Waals surface area contributed by atoms with Crippen molar-refractivity contribution in [3.05, 3.63) is 49.1 Å². The highest BCUT2D eigenvalue weighted by Crippen LogP contribution is 2.30. The summed E-state index contributed by atoms with van der Waals surface area (Å²) in [6, 6.07) is 8.26. The lowest BCUT2D eigenvalue weighted by Crippen LogP contribution is -2.36. The average Bonchev–Trinajstić information content (AvgIpc) is 3.06. The maximum absolute atomic E-state index is 5.45. The van der Waals surface area contributed by atoms with Gasteiger partial charge in [0.05, 0.1) is 42.5 Å². The average molecular weight is 331 g/mol. The number of nitrogens with one attached hydrogen (secondary N) is 1. The van der Waals surface area contributed by atoms with Gasteiger partial charge < -0.3 is 14.6 Å². The summed E-state index contributed by atoms with van der Waals surface area (Å²) in [6.45, 7) is 3.33. The SMILES string of the molecule is c1cncc(-c2cc3c(cn2)[nH]c2ncc(N4CCOCC4)cc23)c1. The molecule has 6 nitrogen and oxygen atoms in total. The number of morpholine rings is 1. The topological polar surface area (TPSA) is 66.9 Å². The van der Waals surface area contributed by atoms with Gasteiger partial charge in [0.1, 0.15) is 5.65 Å². The molecule has 0 amide bonds. The van der Waals surface area contributed by atoms with Gasteiger partial charge in [0, 0.05) is 41.8 Å². The summed E-state index contributed by atoms with van der Waals surface area (Å²) in [7, 11) is 0. The van der Waals surface area contributed by atoms with Gasteiger partial charge in [-0.3, -0.25) is 9.97 Å². The zero-order valence-electron chi connectivity index (χ0n) is 13.6. The predicted octanol–water partition coefficient (Wildman–Crippen LogP) is 3.01. The van der Waals surface area contributed by atoms with E-state index >= 15 is 0 Å². The number of aromatic nitrogens is 4. The summed E-state index contributed by atoms with van der Waals surface area (Å²) >= 11 is 0. The van der Waals surface area contributed by atoms with Gasteiger partial charge in [0.2, 0.25) is 0 Å². The second-order valence-corrected chi connectivity index (χ2v) is 6.17. The van der Waals surface area contributed by atoms with E-state index < -0.39 is 0 Å². The molecule has 0 radical (unpaired) electrons. The van der Waals surface area contributed by atoms with Crippen LogP contribution >= 0.6 is 0 Å². The first kappa shape index (κ1) is 14.4. The lowest BCUT2D eigenvalue weighted by Gasteiger charge is -2.28. The quantitative estimate of drug-likeness (QED) is 0.611. The molecule has 0 spiro atoms. The summed E-state index contributed by atoms with van der Waals surface area (Å²) in [5, 5.41) is 2.25. The summed E-state index contributed by atoms with van der Waals surface area (Å²) in [4.78, 5) is 19.0. The Morgan fingerprint density at radius 2 is 1.92 bits per heavy atom.